The van der Waals surface area contributed by atoms with Crippen LogP contribution in [0, 0.1) is 6.92 Å². The van der Waals surface area contributed by atoms with Gasteiger partial charge in [0, 0.05) is 27.6 Å². The molecule has 66 valence electrons. The highest BCUT2D eigenvalue weighted by Crippen LogP contribution is 2.22. The second-order valence-electron chi connectivity index (χ2n) is 3.00. The van der Waals surface area contributed by atoms with Crippen LogP contribution in [0.5, 0.6) is 0 Å². The van der Waals surface area contributed by atoms with Crippen molar-refractivity contribution in [1.82, 2.24) is 0 Å². The van der Waals surface area contributed by atoms with E-state index < -0.39 is 0 Å². The van der Waals surface area contributed by atoms with Gasteiger partial charge in [-0.2, -0.15) is 0 Å². The number of nitrogens with zero attached hydrogens (tertiary/aromatic N) is 1. The Morgan fingerprint density at radius 3 is 2.92 bits per heavy atom. The van der Waals surface area contributed by atoms with Gasteiger partial charge in [-0.25, -0.2) is 0 Å². The number of rotatable bonds is 0. The van der Waals surface area contributed by atoms with Crippen LogP contribution in [0.1, 0.15) is 5.69 Å². The fraction of sp³-hybridized carbons (Fsp3) is 0.100. The summed E-state index contributed by atoms with van der Waals surface area (Å²) in [5.74, 6) is 0. The van der Waals surface area contributed by atoms with E-state index in [4.69, 9.17) is 0 Å². The molecule has 0 atom stereocenters. The molecule has 13 heavy (non-hydrogen) atoms. The average molecular weight is 239 g/mol. The van der Waals surface area contributed by atoms with Gasteiger partial charge < -0.3 is 0 Å². The van der Waals surface area contributed by atoms with E-state index in [9.17, 15) is 5.21 Å². The lowest BCUT2D eigenvalue weighted by molar-refractivity contribution is -0.907. The zero-order valence-electron chi connectivity index (χ0n) is 7.16. The van der Waals surface area contributed by atoms with Gasteiger partial charge in [-0.15, -0.1) is 0 Å². The molecular weight excluding hydrogens is 230 g/mol. The molecule has 0 bridgehead atoms. The average Bonchev–Trinajstić information content (AvgIpc) is 2.09. The second kappa shape index (κ2) is 3.00. The minimum absolute atomic E-state index is 0.819. The van der Waals surface area contributed by atoms with Crippen molar-refractivity contribution in [3.63, 3.8) is 0 Å². The fourth-order valence-electron chi connectivity index (χ4n) is 1.33. The van der Waals surface area contributed by atoms with Gasteiger partial charge >= 0.3 is 0 Å². The van der Waals surface area contributed by atoms with E-state index in [0.717, 1.165) is 25.7 Å². The number of pyridine rings is 1. The summed E-state index contributed by atoms with van der Waals surface area (Å²) in [5.41, 5.74) is 0.819. The number of benzene rings is 1. The van der Waals surface area contributed by atoms with E-state index in [1.165, 1.54) is 0 Å². The van der Waals surface area contributed by atoms with Crippen LogP contribution in [0.2, 0.25) is 0 Å². The van der Waals surface area contributed by atoms with Crippen LogP contribution in [-0.2, 0) is 0 Å². The molecule has 0 unspecified atom stereocenters. The first kappa shape index (κ1) is 8.51. The molecule has 0 aliphatic carbocycles. The summed E-state index contributed by atoms with van der Waals surface area (Å²) in [6.07, 6.45) is 1.70. The molecule has 0 aliphatic heterocycles. The van der Waals surface area contributed by atoms with Crippen molar-refractivity contribution in [3.05, 3.63) is 40.6 Å². The van der Waals surface area contributed by atoms with Gasteiger partial charge in [0.1, 0.15) is 0 Å². The van der Waals surface area contributed by atoms with Crippen molar-refractivity contribution in [3.8, 4) is 0 Å². The van der Waals surface area contributed by atoms with Crippen molar-refractivity contribution in [2.75, 3.05) is 0 Å². The van der Waals surface area contributed by atoms with Gasteiger partial charge in [0.25, 0.3) is 0 Å². The molecule has 0 fully saturated rings. The van der Waals surface area contributed by atoms with E-state index in [1.54, 1.807) is 6.20 Å². The SMILES string of the molecule is Cc1cc2c(Br)cccc2c[n+]1O. The van der Waals surface area contributed by atoms with E-state index in [0.29, 0.717) is 0 Å². The number of hydrogen-bond acceptors (Lipinski definition) is 1. The third-order valence-electron chi connectivity index (χ3n) is 2.06. The number of hydrogen-bond donors (Lipinski definition) is 1. The molecule has 1 aromatic carbocycles. The Hall–Kier alpha value is -1.09. The van der Waals surface area contributed by atoms with Crippen molar-refractivity contribution in [1.29, 1.82) is 0 Å². The lowest BCUT2D eigenvalue weighted by Gasteiger charge is -1.98. The molecule has 0 amide bonds. The van der Waals surface area contributed by atoms with Crippen LogP contribution in [0.4, 0.5) is 0 Å². The highest BCUT2D eigenvalue weighted by molar-refractivity contribution is 9.10. The highest BCUT2D eigenvalue weighted by atomic mass is 79.9. The molecule has 0 saturated carbocycles. The molecule has 0 spiro atoms. The third-order valence-corrected chi connectivity index (χ3v) is 2.75. The predicted octanol–water partition coefficient (Wildman–Crippen LogP) is 2.44. The Balaban J connectivity index is 2.89. The maximum absolute atomic E-state index is 9.41. The van der Waals surface area contributed by atoms with Crippen LogP contribution >= 0.6 is 15.9 Å². The number of aromatic nitrogens is 1. The Kier molecular flexibility index (Phi) is 1.96. The van der Waals surface area contributed by atoms with Gasteiger partial charge in [-0.05, 0) is 12.1 Å². The molecule has 1 aromatic heterocycles. The van der Waals surface area contributed by atoms with E-state index in [1.807, 2.05) is 31.2 Å². The number of aryl methyl sites for hydroxylation is 1. The number of halogens is 1. The van der Waals surface area contributed by atoms with Crippen LogP contribution in [0.25, 0.3) is 10.8 Å². The molecule has 3 heteroatoms. The first-order valence-electron chi connectivity index (χ1n) is 3.98. The molecular formula is C10H9BrNO+. The van der Waals surface area contributed by atoms with Crippen molar-refractivity contribution in [2.24, 2.45) is 0 Å². The smallest absolute Gasteiger partial charge is 0.231 e. The predicted molar refractivity (Wildman–Crippen MR) is 53.8 cm³/mol. The Bertz CT molecular complexity index is 468. The topological polar surface area (TPSA) is 24.1 Å². The fourth-order valence-corrected chi connectivity index (χ4v) is 1.82. The quantitative estimate of drug-likeness (QED) is 0.554. The van der Waals surface area contributed by atoms with Gasteiger partial charge in [-0.3, -0.25) is 5.21 Å². The molecule has 0 radical (unpaired) electrons. The van der Waals surface area contributed by atoms with Crippen LogP contribution in [-0.4, -0.2) is 5.21 Å². The Labute approximate surface area is 84.5 Å². The second-order valence-corrected chi connectivity index (χ2v) is 3.86. The molecule has 0 aliphatic rings. The summed E-state index contributed by atoms with van der Waals surface area (Å²) in [7, 11) is 0. The highest BCUT2D eigenvalue weighted by Gasteiger charge is 2.08. The van der Waals surface area contributed by atoms with Gasteiger partial charge in [0.05, 0.1) is 5.39 Å². The van der Waals surface area contributed by atoms with Crippen LogP contribution in [0.3, 0.4) is 0 Å². The largest absolute Gasteiger partial charge is 0.285 e. The Morgan fingerprint density at radius 1 is 1.38 bits per heavy atom. The van der Waals surface area contributed by atoms with Gasteiger partial charge in [0.15, 0.2) is 0 Å². The van der Waals surface area contributed by atoms with Crippen LogP contribution < -0.4 is 4.73 Å². The first-order chi connectivity index (χ1) is 6.18. The first-order valence-corrected chi connectivity index (χ1v) is 4.77. The van der Waals surface area contributed by atoms with Crippen LogP contribution in [0.15, 0.2) is 34.9 Å². The summed E-state index contributed by atoms with van der Waals surface area (Å²) in [6, 6.07) is 7.84. The maximum atomic E-state index is 9.41. The monoisotopic (exact) mass is 238 g/mol. The minimum Gasteiger partial charge on any atom is -0.285 e. The van der Waals surface area contributed by atoms with E-state index >= 15 is 0 Å². The normalized spacial score (nSPS) is 10.6. The van der Waals surface area contributed by atoms with Crippen molar-refractivity contribution in [2.45, 2.75) is 6.92 Å². The summed E-state index contributed by atoms with van der Waals surface area (Å²) < 4.78 is 2.18. The molecule has 2 aromatic rings. The zero-order valence-corrected chi connectivity index (χ0v) is 8.75. The summed E-state index contributed by atoms with van der Waals surface area (Å²) >= 11 is 3.46. The van der Waals surface area contributed by atoms with Gasteiger partial charge in [-0.1, -0.05) is 22.0 Å². The summed E-state index contributed by atoms with van der Waals surface area (Å²) in [6.45, 7) is 1.86. The standard InChI is InChI=1S/C10H9BrNO/c1-7-5-9-8(6-12(7)13)3-2-4-10(9)11/h2-6,13H,1H3/q+1. The molecule has 2 nitrogen and oxygen atoms in total. The Morgan fingerprint density at radius 2 is 2.15 bits per heavy atom. The van der Waals surface area contributed by atoms with E-state index in [-0.39, 0.29) is 0 Å². The third kappa shape index (κ3) is 1.40. The lowest BCUT2D eigenvalue weighted by atomic mass is 10.1. The molecule has 1 heterocycles. The summed E-state index contributed by atoms with van der Waals surface area (Å²) in [5, 5.41) is 11.5. The summed E-state index contributed by atoms with van der Waals surface area (Å²) in [4.78, 5) is 0. The minimum atomic E-state index is 0.819. The molecule has 1 N–H and O–H groups in total. The van der Waals surface area contributed by atoms with Crippen molar-refractivity contribution >= 4 is 26.7 Å². The molecule has 0 saturated heterocycles. The van der Waals surface area contributed by atoms with Gasteiger partial charge in [0.2, 0.25) is 11.9 Å². The molecule has 2 rings (SSSR count). The maximum Gasteiger partial charge on any atom is 0.231 e. The van der Waals surface area contributed by atoms with E-state index in [2.05, 4.69) is 15.9 Å². The number of fused-ring (bicyclic) bond motifs is 1. The van der Waals surface area contributed by atoms with Crippen molar-refractivity contribution < 1.29 is 9.94 Å². The lowest BCUT2D eigenvalue weighted by Crippen LogP contribution is -2.32. The zero-order chi connectivity index (χ0) is 9.42.